The van der Waals surface area contributed by atoms with Crippen molar-refractivity contribution in [1.82, 2.24) is 4.98 Å². The average molecular weight is 509 g/mol. The van der Waals surface area contributed by atoms with Crippen LogP contribution in [0.15, 0.2) is 59.0 Å². The minimum absolute atomic E-state index is 0. The summed E-state index contributed by atoms with van der Waals surface area (Å²) in [7, 11) is -1.56. The number of fused-ring (bicyclic) bond motifs is 3. The van der Waals surface area contributed by atoms with E-state index in [4.69, 9.17) is 9.40 Å². The van der Waals surface area contributed by atoms with Crippen molar-refractivity contribution in [3.05, 3.63) is 60.7 Å². The molecule has 2 aromatic heterocycles. The van der Waals surface area contributed by atoms with Crippen molar-refractivity contribution in [3.63, 3.8) is 0 Å². The number of benzene rings is 2. The van der Waals surface area contributed by atoms with Gasteiger partial charge in [-0.1, -0.05) is 49.1 Å². The third-order valence-corrected chi connectivity index (χ3v) is 6.14. The van der Waals surface area contributed by atoms with Crippen LogP contribution in [0.5, 0.6) is 0 Å². The Hall–Kier alpha value is -1.74. The summed E-state index contributed by atoms with van der Waals surface area (Å²) < 4.78 is 5.97. The zero-order chi connectivity index (χ0) is 16.0. The smallest absolute Gasteiger partial charge is 0.218 e. The van der Waals surface area contributed by atoms with Gasteiger partial charge in [-0.15, -0.1) is 35.9 Å². The maximum atomic E-state index is 5.97. The average Bonchev–Trinajstić information content (AvgIpc) is 2.91. The monoisotopic (exact) mass is 509 g/mol. The molecule has 0 aliphatic carbocycles. The molecular formula is C20H18IrNOSi-. The summed E-state index contributed by atoms with van der Waals surface area (Å²) >= 11 is 0. The third-order valence-electron chi connectivity index (χ3n) is 4.14. The maximum absolute atomic E-state index is 5.97. The van der Waals surface area contributed by atoms with Gasteiger partial charge in [0, 0.05) is 30.9 Å². The van der Waals surface area contributed by atoms with Gasteiger partial charge in [0.1, 0.15) is 5.58 Å². The van der Waals surface area contributed by atoms with E-state index in [0.29, 0.717) is 5.71 Å². The third kappa shape index (κ3) is 2.86. The van der Waals surface area contributed by atoms with Gasteiger partial charge >= 0.3 is 0 Å². The summed E-state index contributed by atoms with van der Waals surface area (Å²) in [6.45, 7) is 7.06. The minimum atomic E-state index is -1.56. The van der Waals surface area contributed by atoms with E-state index in [1.807, 2.05) is 36.4 Å². The SMILES string of the molecule is C[Si](C)(C)c1cc2c(nc1-c1[c-]cccc1)oc1ccccc12.[Ir]. The van der Waals surface area contributed by atoms with Gasteiger partial charge in [0.15, 0.2) is 0 Å². The van der Waals surface area contributed by atoms with E-state index in [1.54, 1.807) is 0 Å². The van der Waals surface area contributed by atoms with Crippen molar-refractivity contribution < 1.29 is 24.5 Å². The molecule has 0 aliphatic rings. The standard InChI is InChI=1S/C20H18NOSi.Ir/c1-23(2,3)18-13-16-15-11-7-8-12-17(15)22-20(16)21-19(18)14-9-5-4-6-10-14;/h4-9,11-13H,1-3H3;/q-1;. The summed E-state index contributed by atoms with van der Waals surface area (Å²) in [6.07, 6.45) is 0. The molecular weight excluding hydrogens is 491 g/mol. The molecule has 0 spiro atoms. The predicted molar refractivity (Wildman–Crippen MR) is 98.8 cm³/mol. The fraction of sp³-hybridized carbons (Fsp3) is 0.150. The number of rotatable bonds is 2. The van der Waals surface area contributed by atoms with E-state index in [-0.39, 0.29) is 20.1 Å². The van der Waals surface area contributed by atoms with Gasteiger partial charge in [-0.2, -0.15) is 0 Å². The normalized spacial score (nSPS) is 11.6. The number of pyridine rings is 1. The molecule has 4 rings (SSSR count). The quantitative estimate of drug-likeness (QED) is 0.282. The van der Waals surface area contributed by atoms with Crippen LogP contribution in [0.25, 0.3) is 33.3 Å². The van der Waals surface area contributed by atoms with E-state index in [1.165, 1.54) is 5.19 Å². The molecule has 0 aliphatic heterocycles. The van der Waals surface area contributed by atoms with E-state index < -0.39 is 8.07 Å². The van der Waals surface area contributed by atoms with Gasteiger partial charge in [-0.25, -0.2) is 0 Å². The number of aromatic nitrogens is 1. The molecule has 4 aromatic rings. The first-order valence-corrected chi connectivity index (χ1v) is 11.3. The molecule has 0 bridgehead atoms. The molecule has 0 atom stereocenters. The topological polar surface area (TPSA) is 26.0 Å². The van der Waals surface area contributed by atoms with Gasteiger partial charge in [0.2, 0.25) is 5.71 Å². The Kier molecular flexibility index (Phi) is 4.47. The van der Waals surface area contributed by atoms with Crippen LogP contribution in [0.3, 0.4) is 0 Å². The Morgan fingerprint density at radius 3 is 2.42 bits per heavy atom. The predicted octanol–water partition coefficient (Wildman–Crippen LogP) is 4.99. The van der Waals surface area contributed by atoms with Crippen LogP contribution in [0.1, 0.15) is 0 Å². The zero-order valence-electron chi connectivity index (χ0n) is 13.9. The van der Waals surface area contributed by atoms with Crippen molar-refractivity contribution in [1.29, 1.82) is 0 Å². The fourth-order valence-corrected chi connectivity index (χ4v) is 4.45. The summed E-state index contributed by atoms with van der Waals surface area (Å²) in [5.74, 6) is 0. The second kappa shape index (κ2) is 6.28. The van der Waals surface area contributed by atoms with Crippen LogP contribution < -0.4 is 5.19 Å². The molecule has 0 saturated heterocycles. The number of hydrogen-bond acceptors (Lipinski definition) is 2. The molecule has 4 heteroatoms. The maximum Gasteiger partial charge on any atom is 0.218 e. The first kappa shape index (κ1) is 17.1. The van der Waals surface area contributed by atoms with Gasteiger partial charge in [-0.3, -0.25) is 4.98 Å². The fourth-order valence-electron chi connectivity index (χ4n) is 2.97. The second-order valence-corrected chi connectivity index (χ2v) is 11.9. The van der Waals surface area contributed by atoms with E-state index >= 15 is 0 Å². The largest absolute Gasteiger partial charge is 0.439 e. The van der Waals surface area contributed by atoms with E-state index in [0.717, 1.165) is 27.6 Å². The summed E-state index contributed by atoms with van der Waals surface area (Å²) in [6, 6.07) is 21.8. The second-order valence-electron chi connectivity index (χ2n) is 6.86. The molecule has 0 amide bonds. The van der Waals surface area contributed by atoms with Crippen LogP contribution in [0.4, 0.5) is 0 Å². The molecule has 2 aromatic carbocycles. The van der Waals surface area contributed by atoms with E-state index in [9.17, 15) is 0 Å². The Morgan fingerprint density at radius 2 is 1.71 bits per heavy atom. The van der Waals surface area contributed by atoms with Crippen molar-refractivity contribution in [3.8, 4) is 11.3 Å². The molecule has 0 unspecified atom stereocenters. The van der Waals surface area contributed by atoms with Gasteiger partial charge in [0.05, 0.1) is 8.07 Å². The number of nitrogens with zero attached hydrogens (tertiary/aromatic N) is 1. The number of hydrogen-bond donors (Lipinski definition) is 0. The van der Waals surface area contributed by atoms with Crippen LogP contribution in [-0.4, -0.2) is 13.1 Å². The summed E-state index contributed by atoms with van der Waals surface area (Å²) in [5.41, 5.74) is 3.65. The van der Waals surface area contributed by atoms with Crippen LogP contribution >= 0.6 is 0 Å². The molecule has 2 nitrogen and oxygen atoms in total. The molecule has 0 fully saturated rings. The molecule has 1 radical (unpaired) electrons. The molecule has 0 saturated carbocycles. The Bertz CT molecular complexity index is 1000. The van der Waals surface area contributed by atoms with Crippen molar-refractivity contribution in [2.24, 2.45) is 0 Å². The van der Waals surface area contributed by atoms with Crippen LogP contribution in [-0.2, 0) is 20.1 Å². The molecule has 2 heterocycles. The molecule has 24 heavy (non-hydrogen) atoms. The van der Waals surface area contributed by atoms with Crippen LogP contribution in [0.2, 0.25) is 19.6 Å². The van der Waals surface area contributed by atoms with Crippen molar-refractivity contribution >= 4 is 35.3 Å². The zero-order valence-corrected chi connectivity index (χ0v) is 17.3. The summed E-state index contributed by atoms with van der Waals surface area (Å²) in [4.78, 5) is 4.89. The van der Waals surface area contributed by atoms with Gasteiger partial charge in [-0.05, 0) is 11.8 Å². The van der Waals surface area contributed by atoms with Crippen molar-refractivity contribution in [2.75, 3.05) is 0 Å². The Labute approximate surface area is 156 Å². The summed E-state index contributed by atoms with van der Waals surface area (Å²) in [5, 5.41) is 3.59. The molecule has 0 N–H and O–H groups in total. The van der Waals surface area contributed by atoms with Gasteiger partial charge in [0.25, 0.3) is 0 Å². The van der Waals surface area contributed by atoms with Crippen LogP contribution in [0, 0.1) is 6.07 Å². The number of para-hydroxylation sites is 1. The van der Waals surface area contributed by atoms with Gasteiger partial charge < -0.3 is 4.42 Å². The Balaban J connectivity index is 0.00000169. The molecule has 123 valence electrons. The minimum Gasteiger partial charge on any atom is -0.439 e. The van der Waals surface area contributed by atoms with E-state index in [2.05, 4.69) is 43.9 Å². The first-order valence-electron chi connectivity index (χ1n) is 7.84. The number of furan rings is 1. The first-order chi connectivity index (χ1) is 11.0. The van der Waals surface area contributed by atoms with Crippen molar-refractivity contribution in [2.45, 2.75) is 19.6 Å². The Morgan fingerprint density at radius 1 is 0.958 bits per heavy atom.